The molecule has 0 saturated carbocycles. The molecule has 2 aromatic heterocycles. The fraction of sp³-hybridized carbons (Fsp3) is 0.167. The number of amides is 2. The van der Waals surface area contributed by atoms with Gasteiger partial charge in [-0.1, -0.05) is 18.2 Å². The van der Waals surface area contributed by atoms with Crippen molar-refractivity contribution < 1.29 is 23.9 Å². The van der Waals surface area contributed by atoms with Crippen LogP contribution in [0.15, 0.2) is 59.3 Å². The Morgan fingerprint density at radius 3 is 2.41 bits per heavy atom. The van der Waals surface area contributed by atoms with Gasteiger partial charge in [-0.25, -0.2) is 19.7 Å². The summed E-state index contributed by atoms with van der Waals surface area (Å²) < 4.78 is 5.45. The molecule has 0 saturated heterocycles. The van der Waals surface area contributed by atoms with Gasteiger partial charge in [-0.3, -0.25) is 9.59 Å². The van der Waals surface area contributed by atoms with Crippen LogP contribution in [0.25, 0.3) is 11.1 Å². The van der Waals surface area contributed by atoms with Gasteiger partial charge in [-0.2, -0.15) is 0 Å². The molecule has 0 radical (unpaired) electrons. The zero-order chi connectivity index (χ0) is 24.2. The van der Waals surface area contributed by atoms with Crippen LogP contribution in [0.5, 0.6) is 0 Å². The Balaban J connectivity index is 1.39. The number of benzene rings is 2. The Bertz CT molecular complexity index is 1380. The quantitative estimate of drug-likeness (QED) is 0.382. The molecule has 0 aliphatic rings. The molecule has 3 N–H and O–H groups in total. The third-order valence-electron chi connectivity index (χ3n) is 5.15. The van der Waals surface area contributed by atoms with Gasteiger partial charge in [0.05, 0.1) is 11.6 Å². The Kier molecular flexibility index (Phi) is 6.30. The highest BCUT2D eigenvalue weighted by Crippen LogP contribution is 2.17. The molecule has 4 aromatic rings. The first kappa shape index (κ1) is 22.6. The number of nitrogens with one attached hydrogen (secondary N) is 2. The Morgan fingerprint density at radius 1 is 1.00 bits per heavy atom. The van der Waals surface area contributed by atoms with E-state index in [1.807, 2.05) is 12.1 Å². The van der Waals surface area contributed by atoms with Gasteiger partial charge in [-0.05, 0) is 42.3 Å². The number of rotatable bonds is 7. The zero-order valence-electron chi connectivity index (χ0n) is 18.4. The van der Waals surface area contributed by atoms with Gasteiger partial charge in [0, 0.05) is 19.5 Å². The summed E-state index contributed by atoms with van der Waals surface area (Å²) in [6.07, 6.45) is 1.15. The average Bonchev–Trinajstić information content (AvgIpc) is 3.21. The zero-order valence-corrected chi connectivity index (χ0v) is 18.4. The van der Waals surface area contributed by atoms with Crippen molar-refractivity contribution in [2.75, 3.05) is 0 Å². The summed E-state index contributed by atoms with van der Waals surface area (Å²) in [6.45, 7) is 3.77. The van der Waals surface area contributed by atoms with Crippen LogP contribution in [0, 0.1) is 6.92 Å². The van der Waals surface area contributed by atoms with E-state index in [2.05, 4.69) is 25.6 Å². The van der Waals surface area contributed by atoms with Crippen molar-refractivity contribution in [3.05, 3.63) is 88.8 Å². The highest BCUT2D eigenvalue weighted by Gasteiger charge is 2.16. The molecule has 2 heterocycles. The lowest BCUT2D eigenvalue weighted by Gasteiger charge is -2.14. The van der Waals surface area contributed by atoms with Gasteiger partial charge in [0.15, 0.2) is 11.5 Å². The van der Waals surface area contributed by atoms with Crippen LogP contribution in [0.3, 0.4) is 0 Å². The van der Waals surface area contributed by atoms with Crippen molar-refractivity contribution >= 4 is 28.9 Å². The van der Waals surface area contributed by atoms with Crippen LogP contribution in [0.2, 0.25) is 0 Å². The molecule has 0 aliphatic carbocycles. The first-order valence-electron chi connectivity index (χ1n) is 10.4. The third kappa shape index (κ3) is 5.07. The maximum Gasteiger partial charge on any atom is 0.335 e. The lowest BCUT2D eigenvalue weighted by Crippen LogP contribution is -2.29. The number of hydrogen-bond donors (Lipinski definition) is 3. The van der Waals surface area contributed by atoms with Gasteiger partial charge >= 0.3 is 5.97 Å². The second-order valence-electron chi connectivity index (χ2n) is 7.63. The minimum absolute atomic E-state index is 0.0358. The highest BCUT2D eigenvalue weighted by atomic mass is 16.4. The number of carboxylic acids is 1. The summed E-state index contributed by atoms with van der Waals surface area (Å²) in [4.78, 5) is 48.4. The Hall–Kier alpha value is -4.60. The summed E-state index contributed by atoms with van der Waals surface area (Å²) in [6, 6.07) is 12.6. The molecule has 0 bridgehead atoms. The first-order chi connectivity index (χ1) is 16.3. The molecule has 1 atom stereocenters. The SMILES string of the molecule is Cc1nc2cc(CNC(=O)c3cc(C(=O)N[C@@H](C)c4ccc(C(=O)O)cc4)ncn3)ccc2o1. The summed E-state index contributed by atoms with van der Waals surface area (Å²) >= 11 is 0. The van der Waals surface area contributed by atoms with E-state index in [4.69, 9.17) is 9.52 Å². The molecule has 10 heteroatoms. The van der Waals surface area contributed by atoms with Crippen molar-refractivity contribution in [2.24, 2.45) is 0 Å². The van der Waals surface area contributed by atoms with E-state index in [9.17, 15) is 14.4 Å². The van der Waals surface area contributed by atoms with Gasteiger partial charge in [-0.15, -0.1) is 0 Å². The number of carbonyl (C=O) groups is 3. The molecule has 4 rings (SSSR count). The van der Waals surface area contributed by atoms with Crippen molar-refractivity contribution in [3.8, 4) is 0 Å². The van der Waals surface area contributed by atoms with Crippen LogP contribution in [-0.4, -0.2) is 37.8 Å². The number of carboxylic acid groups (broad SMARTS) is 1. The number of aromatic carboxylic acids is 1. The lowest BCUT2D eigenvalue weighted by molar-refractivity contribution is 0.0696. The second kappa shape index (κ2) is 9.49. The van der Waals surface area contributed by atoms with E-state index >= 15 is 0 Å². The largest absolute Gasteiger partial charge is 0.478 e. The number of aryl methyl sites for hydroxylation is 1. The minimum Gasteiger partial charge on any atom is -0.478 e. The molecule has 172 valence electrons. The molecule has 0 spiro atoms. The highest BCUT2D eigenvalue weighted by molar-refractivity contribution is 5.97. The lowest BCUT2D eigenvalue weighted by atomic mass is 10.1. The predicted octanol–water partition coefficient (Wildman–Crippen LogP) is 3.05. The van der Waals surface area contributed by atoms with E-state index < -0.39 is 23.8 Å². The van der Waals surface area contributed by atoms with E-state index in [0.29, 0.717) is 17.0 Å². The number of oxazole rings is 1. The molecule has 2 aromatic carbocycles. The van der Waals surface area contributed by atoms with Crippen molar-refractivity contribution in [1.82, 2.24) is 25.6 Å². The van der Waals surface area contributed by atoms with Crippen molar-refractivity contribution in [1.29, 1.82) is 0 Å². The second-order valence-corrected chi connectivity index (χ2v) is 7.63. The number of aromatic nitrogens is 3. The maximum atomic E-state index is 12.6. The summed E-state index contributed by atoms with van der Waals surface area (Å²) in [5, 5.41) is 14.5. The van der Waals surface area contributed by atoms with Crippen molar-refractivity contribution in [3.63, 3.8) is 0 Å². The molecule has 10 nitrogen and oxygen atoms in total. The number of carbonyl (C=O) groups excluding carboxylic acids is 2. The predicted molar refractivity (Wildman–Crippen MR) is 121 cm³/mol. The molecular weight excluding hydrogens is 438 g/mol. The topological polar surface area (TPSA) is 147 Å². The molecule has 0 unspecified atom stereocenters. The maximum absolute atomic E-state index is 12.6. The number of nitrogens with zero attached hydrogens (tertiary/aromatic N) is 3. The van der Waals surface area contributed by atoms with Crippen molar-refractivity contribution in [2.45, 2.75) is 26.4 Å². The van der Waals surface area contributed by atoms with Gasteiger partial charge in [0.2, 0.25) is 0 Å². The average molecular weight is 459 g/mol. The van der Waals surface area contributed by atoms with Crippen LogP contribution < -0.4 is 10.6 Å². The Morgan fingerprint density at radius 2 is 1.71 bits per heavy atom. The van der Waals surface area contributed by atoms with Gasteiger partial charge in [0.25, 0.3) is 11.8 Å². The van der Waals surface area contributed by atoms with Crippen LogP contribution in [-0.2, 0) is 6.54 Å². The van der Waals surface area contributed by atoms with Gasteiger partial charge < -0.3 is 20.2 Å². The molecular formula is C24H21N5O5. The fourth-order valence-corrected chi connectivity index (χ4v) is 3.35. The van der Waals surface area contributed by atoms with Crippen LogP contribution >= 0.6 is 0 Å². The minimum atomic E-state index is -1.02. The number of fused-ring (bicyclic) bond motifs is 1. The normalized spacial score (nSPS) is 11.7. The fourth-order valence-electron chi connectivity index (χ4n) is 3.35. The van der Waals surface area contributed by atoms with Crippen LogP contribution in [0.1, 0.15) is 61.3 Å². The Labute approximate surface area is 194 Å². The summed E-state index contributed by atoms with van der Waals surface area (Å²) in [7, 11) is 0. The van der Waals surface area contributed by atoms with E-state index in [0.717, 1.165) is 17.5 Å². The smallest absolute Gasteiger partial charge is 0.335 e. The summed E-state index contributed by atoms with van der Waals surface area (Å²) in [5.41, 5.74) is 3.19. The van der Waals surface area contributed by atoms with Gasteiger partial charge in [0.1, 0.15) is 23.2 Å². The van der Waals surface area contributed by atoms with Crippen LogP contribution in [0.4, 0.5) is 0 Å². The number of hydrogen-bond acceptors (Lipinski definition) is 7. The molecule has 0 fully saturated rings. The third-order valence-corrected chi connectivity index (χ3v) is 5.15. The van der Waals surface area contributed by atoms with E-state index in [-0.39, 0.29) is 23.5 Å². The van der Waals surface area contributed by atoms with E-state index in [1.165, 1.54) is 18.2 Å². The molecule has 0 aliphatic heterocycles. The summed E-state index contributed by atoms with van der Waals surface area (Å²) in [5.74, 6) is -1.40. The monoisotopic (exact) mass is 459 g/mol. The molecule has 34 heavy (non-hydrogen) atoms. The van der Waals surface area contributed by atoms with E-state index in [1.54, 1.807) is 32.0 Å². The molecule has 2 amide bonds. The standard InChI is InChI=1S/C24H21N5O5/c1-13(16-4-6-17(7-5-16)24(32)33)28-23(31)20-10-19(26-12-27-20)22(30)25-11-15-3-8-21-18(9-15)29-14(2)34-21/h3-10,12-13H,11H2,1-2H3,(H,25,30)(H,28,31)(H,32,33)/t13-/m0/s1. The first-order valence-corrected chi connectivity index (χ1v) is 10.4.